The first-order valence-electron chi connectivity index (χ1n) is 6.86. The van der Waals surface area contributed by atoms with E-state index in [2.05, 4.69) is 17.3 Å². The van der Waals surface area contributed by atoms with E-state index in [1.165, 1.54) is 6.07 Å². The third-order valence-corrected chi connectivity index (χ3v) is 3.35. The van der Waals surface area contributed by atoms with E-state index in [1.54, 1.807) is 18.3 Å². The standard InChI is InChI=1S/C15H19ClFN3/c1-3-7-20-10-11(9-19-20)15(18-4-2)13-8-12(16)5-6-14(13)17/h5-6,8-10,15,18H,3-4,7H2,1-2H3. The Morgan fingerprint density at radius 3 is 2.90 bits per heavy atom. The normalized spacial score (nSPS) is 12.6. The summed E-state index contributed by atoms with van der Waals surface area (Å²) in [6, 6.07) is 4.40. The fraction of sp³-hybridized carbons (Fsp3) is 0.400. The van der Waals surface area contributed by atoms with Crippen LogP contribution in [0.2, 0.25) is 5.02 Å². The van der Waals surface area contributed by atoms with Crippen LogP contribution < -0.4 is 5.32 Å². The SMILES string of the molecule is CCCn1cc(C(NCC)c2cc(Cl)ccc2F)cn1. The first-order valence-corrected chi connectivity index (χ1v) is 7.24. The van der Waals surface area contributed by atoms with Crippen LogP contribution in [0.3, 0.4) is 0 Å². The lowest BCUT2D eigenvalue weighted by molar-refractivity contribution is 0.557. The number of halogens is 2. The summed E-state index contributed by atoms with van der Waals surface area (Å²) >= 11 is 5.99. The molecule has 20 heavy (non-hydrogen) atoms. The average Bonchev–Trinajstić information content (AvgIpc) is 2.88. The molecule has 1 aromatic heterocycles. The van der Waals surface area contributed by atoms with E-state index in [1.807, 2.05) is 17.8 Å². The second kappa shape index (κ2) is 6.86. The summed E-state index contributed by atoms with van der Waals surface area (Å²) in [5.74, 6) is -0.261. The molecule has 0 saturated carbocycles. The van der Waals surface area contributed by atoms with Gasteiger partial charge in [-0.25, -0.2) is 4.39 Å². The van der Waals surface area contributed by atoms with Crippen molar-refractivity contribution >= 4 is 11.6 Å². The molecule has 0 bridgehead atoms. The number of nitrogens with zero attached hydrogens (tertiary/aromatic N) is 2. The Labute approximate surface area is 123 Å². The molecule has 1 unspecified atom stereocenters. The molecule has 1 heterocycles. The minimum Gasteiger partial charge on any atom is -0.306 e. The molecule has 3 nitrogen and oxygen atoms in total. The summed E-state index contributed by atoms with van der Waals surface area (Å²) in [5, 5.41) is 8.13. The second-order valence-corrected chi connectivity index (χ2v) is 5.13. The first kappa shape index (κ1) is 15.0. The van der Waals surface area contributed by atoms with Gasteiger partial charge in [-0.3, -0.25) is 4.68 Å². The van der Waals surface area contributed by atoms with E-state index in [-0.39, 0.29) is 11.9 Å². The highest BCUT2D eigenvalue weighted by Gasteiger charge is 2.19. The molecule has 0 spiro atoms. The predicted octanol–water partition coefficient (Wildman–Crippen LogP) is 3.78. The van der Waals surface area contributed by atoms with E-state index < -0.39 is 0 Å². The zero-order valence-corrected chi connectivity index (χ0v) is 12.5. The minimum atomic E-state index is -0.261. The highest BCUT2D eigenvalue weighted by atomic mass is 35.5. The van der Waals surface area contributed by atoms with Crippen molar-refractivity contribution in [2.45, 2.75) is 32.9 Å². The molecule has 2 aromatic rings. The number of aryl methyl sites for hydroxylation is 1. The van der Waals surface area contributed by atoms with Crippen molar-refractivity contribution in [1.82, 2.24) is 15.1 Å². The first-order chi connectivity index (χ1) is 9.65. The summed E-state index contributed by atoms with van der Waals surface area (Å²) in [4.78, 5) is 0. The van der Waals surface area contributed by atoms with Crippen molar-refractivity contribution in [3.05, 3.63) is 52.6 Å². The van der Waals surface area contributed by atoms with E-state index in [9.17, 15) is 4.39 Å². The lowest BCUT2D eigenvalue weighted by Gasteiger charge is -2.18. The third-order valence-electron chi connectivity index (χ3n) is 3.12. The van der Waals surface area contributed by atoms with Crippen molar-refractivity contribution in [2.75, 3.05) is 6.54 Å². The largest absolute Gasteiger partial charge is 0.306 e. The molecule has 0 radical (unpaired) electrons. The van der Waals surface area contributed by atoms with Crippen LogP contribution in [0, 0.1) is 5.82 Å². The van der Waals surface area contributed by atoms with Crippen molar-refractivity contribution in [3.63, 3.8) is 0 Å². The molecule has 1 aromatic carbocycles. The van der Waals surface area contributed by atoms with Gasteiger partial charge in [0.1, 0.15) is 5.82 Å². The fourth-order valence-corrected chi connectivity index (χ4v) is 2.41. The van der Waals surface area contributed by atoms with Crippen molar-refractivity contribution < 1.29 is 4.39 Å². The van der Waals surface area contributed by atoms with E-state index in [0.717, 1.165) is 25.1 Å². The maximum atomic E-state index is 14.1. The minimum absolute atomic E-state index is 0.232. The van der Waals surface area contributed by atoms with Crippen LogP contribution in [0.25, 0.3) is 0 Å². The summed E-state index contributed by atoms with van der Waals surface area (Å²) in [5.41, 5.74) is 1.50. The summed E-state index contributed by atoms with van der Waals surface area (Å²) in [7, 11) is 0. The smallest absolute Gasteiger partial charge is 0.128 e. The number of rotatable bonds is 6. The van der Waals surface area contributed by atoms with Crippen molar-refractivity contribution in [2.24, 2.45) is 0 Å². The van der Waals surface area contributed by atoms with Gasteiger partial charge in [0.05, 0.1) is 12.2 Å². The summed E-state index contributed by atoms with van der Waals surface area (Å²) in [6.45, 7) is 5.68. The number of nitrogens with one attached hydrogen (secondary N) is 1. The Hall–Kier alpha value is -1.39. The highest BCUT2D eigenvalue weighted by molar-refractivity contribution is 6.30. The zero-order chi connectivity index (χ0) is 14.5. The monoisotopic (exact) mass is 295 g/mol. The number of hydrogen-bond donors (Lipinski definition) is 1. The van der Waals surface area contributed by atoms with Gasteiger partial charge in [-0.15, -0.1) is 0 Å². The number of hydrogen-bond acceptors (Lipinski definition) is 2. The van der Waals surface area contributed by atoms with Crippen LogP contribution in [0.4, 0.5) is 4.39 Å². The van der Waals surface area contributed by atoms with Gasteiger partial charge in [-0.1, -0.05) is 25.4 Å². The van der Waals surface area contributed by atoms with E-state index >= 15 is 0 Å². The van der Waals surface area contributed by atoms with Gasteiger partial charge in [0.2, 0.25) is 0 Å². The van der Waals surface area contributed by atoms with Gasteiger partial charge in [0.15, 0.2) is 0 Å². The average molecular weight is 296 g/mol. The highest BCUT2D eigenvalue weighted by Crippen LogP contribution is 2.26. The molecule has 0 amide bonds. The third kappa shape index (κ3) is 3.38. The van der Waals surface area contributed by atoms with Gasteiger partial charge in [-0.05, 0) is 31.2 Å². The Bertz CT molecular complexity index is 568. The summed E-state index contributed by atoms with van der Waals surface area (Å²) in [6.07, 6.45) is 4.75. The van der Waals surface area contributed by atoms with Gasteiger partial charge in [0.25, 0.3) is 0 Å². The Balaban J connectivity index is 2.36. The molecule has 0 aliphatic rings. The number of benzene rings is 1. The Morgan fingerprint density at radius 1 is 1.40 bits per heavy atom. The molecule has 2 rings (SSSR count). The van der Waals surface area contributed by atoms with Gasteiger partial charge >= 0.3 is 0 Å². The van der Waals surface area contributed by atoms with E-state index in [0.29, 0.717) is 10.6 Å². The van der Waals surface area contributed by atoms with Crippen LogP contribution in [0.15, 0.2) is 30.6 Å². The van der Waals surface area contributed by atoms with Gasteiger partial charge in [0, 0.05) is 28.9 Å². The molecule has 108 valence electrons. The van der Waals surface area contributed by atoms with Gasteiger partial charge in [-0.2, -0.15) is 5.10 Å². The fourth-order valence-electron chi connectivity index (χ4n) is 2.23. The lowest BCUT2D eigenvalue weighted by atomic mass is 10.0. The topological polar surface area (TPSA) is 29.9 Å². The quantitative estimate of drug-likeness (QED) is 0.879. The Kier molecular flexibility index (Phi) is 5.15. The van der Waals surface area contributed by atoms with Crippen LogP contribution in [0.1, 0.15) is 37.4 Å². The molecule has 0 aliphatic heterocycles. The van der Waals surface area contributed by atoms with Crippen LogP contribution in [0.5, 0.6) is 0 Å². The van der Waals surface area contributed by atoms with Crippen molar-refractivity contribution in [1.29, 1.82) is 0 Å². The molecule has 0 saturated heterocycles. The van der Waals surface area contributed by atoms with E-state index in [4.69, 9.17) is 11.6 Å². The maximum absolute atomic E-state index is 14.1. The molecule has 0 aliphatic carbocycles. The second-order valence-electron chi connectivity index (χ2n) is 4.69. The molecule has 5 heteroatoms. The molecular weight excluding hydrogens is 277 g/mol. The zero-order valence-electron chi connectivity index (χ0n) is 11.7. The number of aromatic nitrogens is 2. The molecule has 1 N–H and O–H groups in total. The lowest BCUT2D eigenvalue weighted by Crippen LogP contribution is -2.22. The molecular formula is C15H19ClFN3. The van der Waals surface area contributed by atoms with Gasteiger partial charge < -0.3 is 5.32 Å². The summed E-state index contributed by atoms with van der Waals surface area (Å²) < 4.78 is 15.9. The van der Waals surface area contributed by atoms with Crippen LogP contribution in [-0.4, -0.2) is 16.3 Å². The van der Waals surface area contributed by atoms with Crippen molar-refractivity contribution in [3.8, 4) is 0 Å². The maximum Gasteiger partial charge on any atom is 0.128 e. The molecule has 0 fully saturated rings. The van der Waals surface area contributed by atoms with Crippen LogP contribution in [-0.2, 0) is 6.54 Å². The molecule has 1 atom stereocenters. The Morgan fingerprint density at radius 2 is 2.20 bits per heavy atom. The van der Waals surface area contributed by atoms with Crippen LogP contribution >= 0.6 is 11.6 Å². The predicted molar refractivity (Wildman–Crippen MR) is 79.4 cm³/mol.